The summed E-state index contributed by atoms with van der Waals surface area (Å²) in [6.45, 7) is 2.38. The maximum atomic E-state index is 12.1. The largest absolute Gasteiger partial charge is 0.497 e. The molecule has 26 heavy (non-hydrogen) atoms. The second kappa shape index (κ2) is 7.47. The molecule has 0 saturated carbocycles. The molecule has 0 bridgehead atoms. The zero-order valence-corrected chi connectivity index (χ0v) is 14.7. The zero-order chi connectivity index (χ0) is 18.7. The Morgan fingerprint density at radius 2 is 2.23 bits per heavy atom. The molecule has 1 unspecified atom stereocenters. The van der Waals surface area contributed by atoms with Crippen LogP contribution in [-0.2, 0) is 17.8 Å². The number of H-pyrrole nitrogens is 1. The molecule has 1 atom stereocenters. The van der Waals surface area contributed by atoms with Crippen LogP contribution in [0.3, 0.4) is 0 Å². The van der Waals surface area contributed by atoms with Crippen molar-refractivity contribution in [2.24, 2.45) is 5.92 Å². The number of nitrogens with one attached hydrogen (secondary N) is 2. The van der Waals surface area contributed by atoms with Crippen molar-refractivity contribution in [2.75, 3.05) is 20.3 Å². The number of fused-ring (bicyclic) bond motifs is 1. The van der Waals surface area contributed by atoms with Crippen LogP contribution in [0, 0.1) is 12.8 Å². The molecule has 0 radical (unpaired) electrons. The number of aromatic amines is 1. The smallest absolute Gasteiger partial charge is 0.328 e. The van der Waals surface area contributed by atoms with Crippen LogP contribution in [0.4, 0.5) is 0 Å². The first-order chi connectivity index (χ1) is 12.5. The molecule has 0 saturated heterocycles. The van der Waals surface area contributed by atoms with E-state index < -0.39 is 11.2 Å². The number of nitrogens with zero attached hydrogens (tertiary/aromatic N) is 1. The van der Waals surface area contributed by atoms with Gasteiger partial charge in [-0.15, -0.1) is 0 Å². The van der Waals surface area contributed by atoms with Crippen LogP contribution in [0.15, 0.2) is 34.0 Å². The van der Waals surface area contributed by atoms with E-state index in [4.69, 9.17) is 9.47 Å². The summed E-state index contributed by atoms with van der Waals surface area (Å²) < 4.78 is 12.1. The first-order valence-corrected chi connectivity index (χ1v) is 8.33. The van der Waals surface area contributed by atoms with E-state index in [1.807, 2.05) is 18.2 Å². The van der Waals surface area contributed by atoms with Gasteiger partial charge in [0, 0.05) is 30.3 Å². The summed E-state index contributed by atoms with van der Waals surface area (Å²) in [6.07, 6.45) is 2.17. The van der Waals surface area contributed by atoms with Crippen LogP contribution in [0.25, 0.3) is 0 Å². The fourth-order valence-electron chi connectivity index (χ4n) is 2.88. The van der Waals surface area contributed by atoms with Gasteiger partial charge in [0.1, 0.15) is 18.0 Å². The lowest BCUT2D eigenvalue weighted by atomic mass is 9.96. The number of methoxy groups -OCH3 is 1. The van der Waals surface area contributed by atoms with Crippen LogP contribution in [-0.4, -0.2) is 35.7 Å². The highest BCUT2D eigenvalue weighted by atomic mass is 16.5. The van der Waals surface area contributed by atoms with Gasteiger partial charge in [-0.1, -0.05) is 6.07 Å². The van der Waals surface area contributed by atoms with Crippen molar-refractivity contribution < 1.29 is 14.3 Å². The number of carbonyl (C=O) groups excluding carboxylic acids is 1. The third kappa shape index (κ3) is 3.96. The highest BCUT2D eigenvalue weighted by Gasteiger charge is 2.21. The van der Waals surface area contributed by atoms with E-state index in [0.29, 0.717) is 18.7 Å². The van der Waals surface area contributed by atoms with E-state index in [2.05, 4.69) is 10.3 Å². The Morgan fingerprint density at radius 3 is 3.00 bits per heavy atom. The fraction of sp³-hybridized carbons (Fsp3) is 0.389. The standard InChI is InChI=1S/C18H21N3O5/c1-11-8-21(18(24)20-17(11)23)9-16(22)19-7-12-5-13-3-4-14(25-2)6-15(13)26-10-12/h3-4,6,8,12H,5,7,9-10H2,1-2H3,(H,19,22)(H,20,23,24). The molecule has 2 aromatic rings. The van der Waals surface area contributed by atoms with Gasteiger partial charge in [0.2, 0.25) is 5.91 Å². The van der Waals surface area contributed by atoms with E-state index in [9.17, 15) is 14.4 Å². The van der Waals surface area contributed by atoms with E-state index in [-0.39, 0.29) is 18.4 Å². The van der Waals surface area contributed by atoms with Crippen molar-refractivity contribution in [1.29, 1.82) is 0 Å². The lowest BCUT2D eigenvalue weighted by Gasteiger charge is -2.25. The Kier molecular flexibility index (Phi) is 5.11. The third-order valence-electron chi connectivity index (χ3n) is 4.35. The van der Waals surface area contributed by atoms with E-state index in [1.165, 1.54) is 10.8 Å². The predicted molar refractivity (Wildman–Crippen MR) is 94.8 cm³/mol. The molecule has 138 valence electrons. The molecule has 1 aromatic carbocycles. The molecule has 8 nitrogen and oxygen atoms in total. The molecule has 3 rings (SSSR count). The lowest BCUT2D eigenvalue weighted by molar-refractivity contribution is -0.122. The van der Waals surface area contributed by atoms with E-state index in [1.54, 1.807) is 14.0 Å². The number of rotatable bonds is 5. The Balaban J connectivity index is 1.56. The fourth-order valence-corrected chi connectivity index (χ4v) is 2.88. The van der Waals surface area contributed by atoms with Gasteiger partial charge >= 0.3 is 5.69 Å². The number of hydrogen-bond acceptors (Lipinski definition) is 5. The Bertz CT molecular complexity index is 931. The normalized spacial score (nSPS) is 15.7. The summed E-state index contributed by atoms with van der Waals surface area (Å²) in [7, 11) is 1.61. The van der Waals surface area contributed by atoms with Crippen LogP contribution in [0.2, 0.25) is 0 Å². The number of carbonyl (C=O) groups is 1. The van der Waals surface area contributed by atoms with Crippen molar-refractivity contribution in [3.63, 3.8) is 0 Å². The minimum atomic E-state index is -0.598. The number of aromatic nitrogens is 2. The molecule has 1 amide bonds. The Hall–Kier alpha value is -3.03. The summed E-state index contributed by atoms with van der Waals surface area (Å²) in [5.41, 5.74) is 0.412. The summed E-state index contributed by atoms with van der Waals surface area (Å²) in [5.74, 6) is 1.41. The maximum Gasteiger partial charge on any atom is 0.328 e. The zero-order valence-electron chi connectivity index (χ0n) is 14.7. The molecule has 0 spiro atoms. The average molecular weight is 359 g/mol. The number of amides is 1. The van der Waals surface area contributed by atoms with Gasteiger partial charge in [0.15, 0.2) is 0 Å². The van der Waals surface area contributed by atoms with Crippen LogP contribution < -0.4 is 26.0 Å². The van der Waals surface area contributed by atoms with Gasteiger partial charge in [-0.2, -0.15) is 0 Å². The van der Waals surface area contributed by atoms with Crippen LogP contribution in [0.1, 0.15) is 11.1 Å². The topological polar surface area (TPSA) is 102 Å². The van der Waals surface area contributed by atoms with Crippen molar-refractivity contribution in [2.45, 2.75) is 19.9 Å². The minimum absolute atomic E-state index is 0.141. The molecular weight excluding hydrogens is 338 g/mol. The summed E-state index contributed by atoms with van der Waals surface area (Å²) in [4.78, 5) is 37.4. The van der Waals surface area contributed by atoms with Gasteiger partial charge in [0.05, 0.1) is 13.7 Å². The monoisotopic (exact) mass is 359 g/mol. The van der Waals surface area contributed by atoms with Gasteiger partial charge in [-0.25, -0.2) is 4.79 Å². The minimum Gasteiger partial charge on any atom is -0.497 e. The highest BCUT2D eigenvalue weighted by Crippen LogP contribution is 2.30. The SMILES string of the molecule is COc1ccc2c(c1)OCC(CNC(=O)Cn1cc(C)c(=O)[nH]c1=O)C2. The quantitative estimate of drug-likeness (QED) is 0.795. The summed E-state index contributed by atoms with van der Waals surface area (Å²) >= 11 is 0. The van der Waals surface area contributed by atoms with Crippen molar-refractivity contribution in [3.05, 3.63) is 56.4 Å². The van der Waals surface area contributed by atoms with Crippen LogP contribution >= 0.6 is 0 Å². The number of aryl methyl sites for hydroxylation is 1. The van der Waals surface area contributed by atoms with Crippen molar-refractivity contribution in [3.8, 4) is 11.5 Å². The molecule has 2 heterocycles. The number of ether oxygens (including phenoxy) is 2. The molecule has 1 aromatic heterocycles. The second-order valence-electron chi connectivity index (χ2n) is 6.36. The van der Waals surface area contributed by atoms with Gasteiger partial charge in [-0.05, 0) is 25.0 Å². The Labute approximate surface area is 149 Å². The Morgan fingerprint density at radius 1 is 1.42 bits per heavy atom. The van der Waals surface area contributed by atoms with Gasteiger partial charge in [-0.3, -0.25) is 19.1 Å². The molecule has 1 aliphatic heterocycles. The molecule has 0 fully saturated rings. The van der Waals surface area contributed by atoms with Crippen molar-refractivity contribution >= 4 is 5.91 Å². The first kappa shape index (κ1) is 17.8. The summed E-state index contributed by atoms with van der Waals surface area (Å²) in [5, 5.41) is 2.82. The molecule has 0 aliphatic carbocycles. The van der Waals surface area contributed by atoms with Gasteiger partial charge < -0.3 is 14.8 Å². The maximum absolute atomic E-state index is 12.1. The molecule has 1 aliphatic rings. The average Bonchev–Trinajstić information content (AvgIpc) is 2.63. The van der Waals surface area contributed by atoms with E-state index >= 15 is 0 Å². The van der Waals surface area contributed by atoms with Crippen LogP contribution in [0.5, 0.6) is 11.5 Å². The van der Waals surface area contributed by atoms with E-state index in [0.717, 1.165) is 23.5 Å². The number of benzene rings is 1. The molecule has 2 N–H and O–H groups in total. The molecular formula is C18H21N3O5. The lowest BCUT2D eigenvalue weighted by Crippen LogP contribution is -2.39. The third-order valence-corrected chi connectivity index (χ3v) is 4.35. The second-order valence-corrected chi connectivity index (χ2v) is 6.36. The first-order valence-electron chi connectivity index (χ1n) is 8.33. The highest BCUT2D eigenvalue weighted by molar-refractivity contribution is 5.75. The van der Waals surface area contributed by atoms with Gasteiger partial charge in [0.25, 0.3) is 5.56 Å². The predicted octanol–water partition coefficient (Wildman–Crippen LogP) is 0.221. The van der Waals surface area contributed by atoms with Crippen molar-refractivity contribution in [1.82, 2.24) is 14.9 Å². The number of hydrogen-bond donors (Lipinski definition) is 2. The molecule has 8 heteroatoms. The summed E-state index contributed by atoms with van der Waals surface area (Å²) in [6, 6.07) is 5.70.